The molecule has 1 N–H and O–H groups in total. The number of carbonyl (C=O) groups is 2. The third kappa shape index (κ3) is 4.47. The number of hydrogen-bond donors (Lipinski definition) is 1. The van der Waals surface area contributed by atoms with Crippen molar-refractivity contribution in [3.05, 3.63) is 35.3 Å². The molecule has 0 bridgehead atoms. The van der Waals surface area contributed by atoms with Gasteiger partial charge in [-0.05, 0) is 24.3 Å². The zero-order chi connectivity index (χ0) is 15.9. The van der Waals surface area contributed by atoms with Crippen LogP contribution in [0.3, 0.4) is 0 Å². The fraction of sp³-hybridized carbons (Fsp3) is 0.214. The number of rotatable bonds is 6. The third-order valence-corrected chi connectivity index (χ3v) is 4.47. The Morgan fingerprint density at radius 3 is 2.64 bits per heavy atom. The summed E-state index contributed by atoms with van der Waals surface area (Å²) in [5.41, 5.74) is 0. The Labute approximate surface area is 135 Å². The summed E-state index contributed by atoms with van der Waals surface area (Å²) in [5.74, 6) is 0.364. The summed E-state index contributed by atoms with van der Waals surface area (Å²) in [4.78, 5) is 28.4. The van der Waals surface area contributed by atoms with Gasteiger partial charge >= 0.3 is 5.97 Å². The van der Waals surface area contributed by atoms with Crippen LogP contribution in [-0.2, 0) is 9.53 Å². The van der Waals surface area contributed by atoms with Crippen molar-refractivity contribution in [2.75, 3.05) is 25.3 Å². The van der Waals surface area contributed by atoms with E-state index in [1.807, 2.05) is 24.3 Å². The average Bonchev–Trinajstić information content (AvgIpc) is 3.01. The molecule has 22 heavy (non-hydrogen) atoms. The van der Waals surface area contributed by atoms with Crippen LogP contribution in [0.5, 0.6) is 5.75 Å². The zero-order valence-electron chi connectivity index (χ0n) is 12.0. The van der Waals surface area contributed by atoms with E-state index in [4.69, 9.17) is 4.74 Å². The molecule has 0 saturated heterocycles. The van der Waals surface area contributed by atoms with Crippen molar-refractivity contribution in [2.24, 2.45) is 0 Å². The molecule has 1 amide bonds. The number of methoxy groups -OCH3 is 2. The second-order valence-electron chi connectivity index (χ2n) is 4.03. The van der Waals surface area contributed by atoms with Crippen LogP contribution in [0, 0.1) is 0 Å². The van der Waals surface area contributed by atoms with Gasteiger partial charge in [-0.3, -0.25) is 4.79 Å². The molecular formula is C14H14N2O4S2. The van der Waals surface area contributed by atoms with Crippen LogP contribution in [-0.4, -0.2) is 36.8 Å². The summed E-state index contributed by atoms with van der Waals surface area (Å²) in [6.07, 6.45) is 1.38. The first-order valence-corrected chi connectivity index (χ1v) is 8.03. The number of thiazole rings is 1. The molecule has 1 heterocycles. The van der Waals surface area contributed by atoms with Crippen molar-refractivity contribution in [2.45, 2.75) is 4.90 Å². The van der Waals surface area contributed by atoms with Crippen molar-refractivity contribution < 1.29 is 19.1 Å². The van der Waals surface area contributed by atoms with Gasteiger partial charge in [-0.1, -0.05) is 11.3 Å². The summed E-state index contributed by atoms with van der Waals surface area (Å²) >= 11 is 2.48. The first kappa shape index (κ1) is 16.3. The highest BCUT2D eigenvalue weighted by Crippen LogP contribution is 2.22. The van der Waals surface area contributed by atoms with E-state index >= 15 is 0 Å². The Bertz CT molecular complexity index is 655. The Morgan fingerprint density at radius 1 is 1.27 bits per heavy atom. The smallest absolute Gasteiger partial charge is 0.349 e. The highest BCUT2D eigenvalue weighted by atomic mass is 32.2. The molecule has 0 aliphatic carbocycles. The zero-order valence-corrected chi connectivity index (χ0v) is 13.6. The van der Waals surface area contributed by atoms with Crippen LogP contribution in [0.15, 0.2) is 35.4 Å². The maximum atomic E-state index is 11.9. The van der Waals surface area contributed by atoms with Gasteiger partial charge in [0.15, 0.2) is 5.13 Å². The normalized spacial score (nSPS) is 10.1. The van der Waals surface area contributed by atoms with Gasteiger partial charge in [0, 0.05) is 4.90 Å². The van der Waals surface area contributed by atoms with Crippen molar-refractivity contribution in [1.82, 2.24) is 4.98 Å². The van der Waals surface area contributed by atoms with Gasteiger partial charge in [0.1, 0.15) is 10.6 Å². The molecule has 0 unspecified atom stereocenters. The van der Waals surface area contributed by atoms with Gasteiger partial charge in [-0.25, -0.2) is 9.78 Å². The number of ether oxygens (including phenoxy) is 2. The molecule has 0 aliphatic rings. The van der Waals surface area contributed by atoms with E-state index in [1.54, 1.807) is 7.11 Å². The minimum absolute atomic E-state index is 0.188. The molecule has 6 nitrogen and oxygen atoms in total. The summed E-state index contributed by atoms with van der Waals surface area (Å²) in [7, 11) is 2.90. The molecular weight excluding hydrogens is 324 g/mol. The van der Waals surface area contributed by atoms with Crippen molar-refractivity contribution in [3.63, 3.8) is 0 Å². The van der Waals surface area contributed by atoms with Crippen molar-refractivity contribution >= 4 is 40.1 Å². The first-order valence-electron chi connectivity index (χ1n) is 6.23. The third-order valence-electron chi connectivity index (χ3n) is 2.57. The molecule has 1 aromatic heterocycles. The van der Waals surface area contributed by atoms with Crippen molar-refractivity contribution in [1.29, 1.82) is 0 Å². The molecule has 8 heteroatoms. The Balaban J connectivity index is 1.84. The second kappa shape index (κ2) is 7.81. The lowest BCUT2D eigenvalue weighted by Gasteiger charge is -2.03. The fourth-order valence-electron chi connectivity index (χ4n) is 1.50. The van der Waals surface area contributed by atoms with Gasteiger partial charge in [0.25, 0.3) is 0 Å². The largest absolute Gasteiger partial charge is 0.497 e. The van der Waals surface area contributed by atoms with Crippen LogP contribution in [0.25, 0.3) is 0 Å². The number of carbonyl (C=O) groups excluding carboxylic acids is 2. The van der Waals surface area contributed by atoms with E-state index in [-0.39, 0.29) is 11.7 Å². The molecule has 0 fully saturated rings. The highest BCUT2D eigenvalue weighted by molar-refractivity contribution is 8.00. The molecule has 0 saturated carbocycles. The van der Waals surface area contributed by atoms with E-state index in [0.29, 0.717) is 10.0 Å². The van der Waals surface area contributed by atoms with Crippen LogP contribution in [0.1, 0.15) is 9.67 Å². The second-order valence-corrected chi connectivity index (χ2v) is 6.11. The molecule has 0 atom stereocenters. The lowest BCUT2D eigenvalue weighted by atomic mass is 10.3. The van der Waals surface area contributed by atoms with E-state index in [1.165, 1.54) is 25.1 Å². The first-order chi connectivity index (χ1) is 10.6. The molecule has 2 rings (SSSR count). The molecule has 116 valence electrons. The molecule has 0 radical (unpaired) electrons. The van der Waals surface area contributed by atoms with E-state index in [9.17, 15) is 9.59 Å². The standard InChI is InChI=1S/C14H14N2O4S2/c1-19-9-3-5-10(6-4-9)21-8-12(17)16-14-15-7-11(22-14)13(18)20-2/h3-7H,8H2,1-2H3,(H,15,16,17). The number of thioether (sulfide) groups is 1. The summed E-state index contributed by atoms with van der Waals surface area (Å²) < 4.78 is 9.65. The summed E-state index contributed by atoms with van der Waals surface area (Å²) in [5, 5.41) is 3.02. The predicted octanol–water partition coefficient (Wildman–Crippen LogP) is 2.67. The summed E-state index contributed by atoms with van der Waals surface area (Å²) in [6, 6.07) is 7.44. The number of esters is 1. The number of nitrogens with zero attached hydrogens (tertiary/aromatic N) is 1. The monoisotopic (exact) mass is 338 g/mol. The van der Waals surface area contributed by atoms with E-state index < -0.39 is 5.97 Å². The molecule has 1 aromatic carbocycles. The maximum Gasteiger partial charge on any atom is 0.349 e. The number of anilines is 1. The predicted molar refractivity (Wildman–Crippen MR) is 85.8 cm³/mol. The Kier molecular flexibility index (Phi) is 5.79. The number of amides is 1. The quantitative estimate of drug-likeness (QED) is 0.644. The van der Waals surface area contributed by atoms with E-state index in [0.717, 1.165) is 22.0 Å². The van der Waals surface area contributed by atoms with Crippen LogP contribution in [0.4, 0.5) is 5.13 Å². The fourth-order valence-corrected chi connectivity index (χ4v) is 2.95. The summed E-state index contributed by atoms with van der Waals surface area (Å²) in [6.45, 7) is 0. The van der Waals surface area contributed by atoms with Crippen LogP contribution >= 0.6 is 23.1 Å². The maximum absolute atomic E-state index is 11.9. The lowest BCUT2D eigenvalue weighted by molar-refractivity contribution is -0.113. The number of aromatic nitrogens is 1. The highest BCUT2D eigenvalue weighted by Gasteiger charge is 2.12. The van der Waals surface area contributed by atoms with E-state index in [2.05, 4.69) is 15.0 Å². The minimum atomic E-state index is -0.467. The SMILES string of the molecule is COC(=O)c1cnc(NC(=O)CSc2ccc(OC)cc2)s1. The Hall–Kier alpha value is -2.06. The lowest BCUT2D eigenvalue weighted by Crippen LogP contribution is -2.13. The van der Waals surface area contributed by atoms with Gasteiger partial charge in [0.05, 0.1) is 26.2 Å². The molecule has 0 spiro atoms. The average molecular weight is 338 g/mol. The molecule has 2 aromatic rings. The minimum Gasteiger partial charge on any atom is -0.497 e. The van der Waals surface area contributed by atoms with Crippen LogP contribution < -0.4 is 10.1 Å². The van der Waals surface area contributed by atoms with Gasteiger partial charge < -0.3 is 14.8 Å². The van der Waals surface area contributed by atoms with Gasteiger partial charge in [-0.2, -0.15) is 0 Å². The van der Waals surface area contributed by atoms with Crippen molar-refractivity contribution in [3.8, 4) is 5.75 Å². The topological polar surface area (TPSA) is 77.5 Å². The van der Waals surface area contributed by atoms with Gasteiger partial charge in [0.2, 0.25) is 5.91 Å². The number of nitrogens with one attached hydrogen (secondary N) is 1. The van der Waals surface area contributed by atoms with Gasteiger partial charge in [-0.15, -0.1) is 11.8 Å². The molecule has 0 aliphatic heterocycles. The van der Waals surface area contributed by atoms with Crippen LogP contribution in [0.2, 0.25) is 0 Å². The number of benzene rings is 1. The Morgan fingerprint density at radius 2 is 2.00 bits per heavy atom. The number of hydrogen-bond acceptors (Lipinski definition) is 7.